The molecule has 0 radical (unpaired) electrons. The molecule has 2 aliphatic heterocycles. The van der Waals surface area contributed by atoms with Crippen molar-refractivity contribution in [1.82, 2.24) is 15.1 Å². The highest BCUT2D eigenvalue weighted by molar-refractivity contribution is 6.02. The quantitative estimate of drug-likeness (QED) is 0.190. The Morgan fingerprint density at radius 1 is 0.932 bits per heavy atom. The summed E-state index contributed by atoms with van der Waals surface area (Å²) in [4.78, 5) is 28.0. The first-order chi connectivity index (χ1) is 21.2. The Balaban J connectivity index is 1.28. The first-order valence-electron chi connectivity index (χ1n) is 15.6. The first kappa shape index (κ1) is 29.6. The van der Waals surface area contributed by atoms with Crippen LogP contribution >= 0.6 is 0 Å². The Labute approximate surface area is 259 Å². The number of hydrogen-bond acceptors (Lipinski definition) is 5. The van der Waals surface area contributed by atoms with E-state index in [1.807, 2.05) is 79.7 Å². The zero-order valence-electron chi connectivity index (χ0n) is 26.0. The number of para-hydroxylation sites is 2. The molecule has 4 N–H and O–H groups in total. The van der Waals surface area contributed by atoms with Crippen LogP contribution in [0.5, 0.6) is 0 Å². The zero-order valence-corrected chi connectivity index (χ0v) is 26.0. The number of urea groups is 1. The third kappa shape index (κ3) is 6.26. The molecule has 44 heavy (non-hydrogen) atoms. The monoisotopic (exact) mass is 590 g/mol. The van der Waals surface area contributed by atoms with E-state index in [4.69, 9.17) is 5.10 Å². The molecule has 8 heteroatoms. The highest BCUT2D eigenvalue weighted by Gasteiger charge is 2.38. The van der Waals surface area contributed by atoms with Crippen molar-refractivity contribution in [2.75, 3.05) is 29.0 Å². The number of nitrogens with one attached hydrogen (secondary N) is 4. The number of piperidine rings is 1. The molecule has 0 aliphatic carbocycles. The second-order valence-electron chi connectivity index (χ2n) is 13.1. The minimum Gasteiger partial charge on any atom is -0.375 e. The van der Waals surface area contributed by atoms with Crippen LogP contribution in [0.2, 0.25) is 0 Å². The molecule has 2 amide bonds. The summed E-state index contributed by atoms with van der Waals surface area (Å²) in [5.74, 6) is 0.589. The van der Waals surface area contributed by atoms with Gasteiger partial charge in [0.2, 0.25) is 0 Å². The van der Waals surface area contributed by atoms with E-state index < -0.39 is 0 Å². The highest BCUT2D eigenvalue weighted by atomic mass is 16.2. The molecule has 8 nitrogen and oxygen atoms in total. The Morgan fingerprint density at radius 2 is 1.64 bits per heavy atom. The Bertz CT molecular complexity index is 1620. The predicted octanol–water partition coefficient (Wildman–Crippen LogP) is 6.81. The number of amides is 2. The number of carbonyl (C=O) groups is 2. The minimum atomic E-state index is -0.380. The topological polar surface area (TPSA) is 100 Å². The van der Waals surface area contributed by atoms with Crippen LogP contribution in [-0.4, -0.2) is 40.7 Å². The summed E-state index contributed by atoms with van der Waals surface area (Å²) in [7, 11) is 0. The van der Waals surface area contributed by atoms with Gasteiger partial charge in [-0.1, -0.05) is 74.9 Å². The number of hydrogen-bond donors (Lipinski definition) is 4. The van der Waals surface area contributed by atoms with Crippen molar-refractivity contribution < 1.29 is 9.59 Å². The number of aromatic nitrogens is 2. The summed E-state index contributed by atoms with van der Waals surface area (Å²) in [5.41, 5.74) is 6.39. The van der Waals surface area contributed by atoms with E-state index >= 15 is 0 Å². The maximum Gasteiger partial charge on any atom is 0.324 e. The van der Waals surface area contributed by atoms with Crippen molar-refractivity contribution in [1.29, 1.82) is 0 Å². The number of aryl methyl sites for hydroxylation is 1. The van der Waals surface area contributed by atoms with Gasteiger partial charge in [-0.05, 0) is 74.2 Å². The van der Waals surface area contributed by atoms with Crippen LogP contribution in [-0.2, 0) is 16.6 Å². The molecule has 0 saturated carbocycles. The maximum atomic E-state index is 14.3. The number of benzene rings is 3. The molecule has 2 atom stereocenters. The van der Waals surface area contributed by atoms with Crippen LogP contribution in [0.1, 0.15) is 61.9 Å². The van der Waals surface area contributed by atoms with Crippen molar-refractivity contribution in [2.24, 2.45) is 5.92 Å². The van der Waals surface area contributed by atoms with Crippen molar-refractivity contribution in [2.45, 2.75) is 64.3 Å². The second-order valence-corrected chi connectivity index (χ2v) is 13.1. The average Bonchev–Trinajstić information content (AvgIpc) is 3.64. The Kier molecular flexibility index (Phi) is 8.27. The molecule has 228 valence electrons. The lowest BCUT2D eigenvalue weighted by atomic mass is 9.75. The Hall–Kier alpha value is -4.43. The number of fused-ring (bicyclic) bond motifs is 1. The van der Waals surface area contributed by atoms with Crippen LogP contribution < -0.4 is 21.3 Å². The van der Waals surface area contributed by atoms with Crippen molar-refractivity contribution in [3.05, 3.63) is 101 Å². The Morgan fingerprint density at radius 3 is 2.36 bits per heavy atom. The summed E-state index contributed by atoms with van der Waals surface area (Å²) in [6.07, 6.45) is 2.48. The van der Waals surface area contributed by atoms with Crippen molar-refractivity contribution >= 4 is 29.0 Å². The molecular weight excluding hydrogens is 548 g/mol. The fraction of sp³-hybridized carbons (Fsp3) is 0.361. The third-order valence-electron chi connectivity index (χ3n) is 8.82. The van der Waals surface area contributed by atoms with Gasteiger partial charge in [0.05, 0.1) is 17.4 Å². The normalized spacial score (nSPS) is 17.4. The van der Waals surface area contributed by atoms with Crippen LogP contribution in [0.25, 0.3) is 5.69 Å². The van der Waals surface area contributed by atoms with Gasteiger partial charge in [0, 0.05) is 35.2 Å². The van der Waals surface area contributed by atoms with Crippen molar-refractivity contribution in [3.8, 4) is 5.69 Å². The molecular formula is C36H42N6O2. The van der Waals surface area contributed by atoms with E-state index in [1.165, 1.54) is 5.56 Å². The van der Waals surface area contributed by atoms with Gasteiger partial charge in [-0.15, -0.1) is 0 Å². The number of ketones is 1. The zero-order chi connectivity index (χ0) is 30.8. The van der Waals surface area contributed by atoms with Gasteiger partial charge in [-0.25, -0.2) is 9.48 Å². The molecule has 1 saturated heterocycles. The fourth-order valence-electron chi connectivity index (χ4n) is 6.37. The first-order valence-corrected chi connectivity index (χ1v) is 15.6. The van der Waals surface area contributed by atoms with Gasteiger partial charge in [0.1, 0.15) is 5.82 Å². The number of nitrogens with zero attached hydrogens (tertiary/aromatic N) is 2. The lowest BCUT2D eigenvalue weighted by Gasteiger charge is -2.33. The van der Waals surface area contributed by atoms with Gasteiger partial charge < -0.3 is 16.0 Å². The van der Waals surface area contributed by atoms with E-state index in [0.717, 1.165) is 54.1 Å². The highest BCUT2D eigenvalue weighted by Crippen LogP contribution is 2.39. The van der Waals surface area contributed by atoms with Crippen LogP contribution in [0.15, 0.2) is 78.9 Å². The molecule has 2 unspecified atom stereocenters. The van der Waals surface area contributed by atoms with Crippen LogP contribution in [0.4, 0.5) is 22.0 Å². The molecule has 3 aromatic carbocycles. The minimum absolute atomic E-state index is 0.176. The lowest BCUT2D eigenvalue weighted by Crippen LogP contribution is -2.39. The van der Waals surface area contributed by atoms with Crippen LogP contribution in [0, 0.1) is 12.8 Å². The largest absolute Gasteiger partial charge is 0.375 e. The summed E-state index contributed by atoms with van der Waals surface area (Å²) < 4.78 is 1.77. The molecule has 6 rings (SSSR count). The molecule has 1 aromatic heterocycles. The van der Waals surface area contributed by atoms with E-state index in [1.54, 1.807) is 4.68 Å². The van der Waals surface area contributed by atoms with E-state index in [9.17, 15) is 9.59 Å². The number of rotatable bonds is 7. The number of carbonyl (C=O) groups excluding carboxylic acids is 2. The van der Waals surface area contributed by atoms with E-state index in [0.29, 0.717) is 17.9 Å². The van der Waals surface area contributed by atoms with Crippen molar-refractivity contribution in [3.63, 3.8) is 0 Å². The van der Waals surface area contributed by atoms with E-state index in [-0.39, 0.29) is 35.1 Å². The standard InChI is InChI=1S/C36H42N6O2/c1-23-13-15-26(16-14-23)42-32(22-31(41-42)36(2,3)4)40-35(44)39-29-12-8-6-10-27(29)33(24-17-19-37-20-18-24)34(43)30-21-25-9-5-7-11-28(25)38-30/h5-16,22,24,30,33,37-38H,17-21H2,1-4H3,(H2,39,40,44). The molecule has 1 fully saturated rings. The maximum absolute atomic E-state index is 14.3. The second kappa shape index (κ2) is 12.3. The predicted molar refractivity (Wildman–Crippen MR) is 177 cm³/mol. The summed E-state index contributed by atoms with van der Waals surface area (Å²) in [6.45, 7) is 10.1. The summed E-state index contributed by atoms with van der Waals surface area (Å²) in [5, 5.41) is 17.9. The van der Waals surface area contributed by atoms with E-state index in [2.05, 4.69) is 48.1 Å². The number of anilines is 3. The summed E-state index contributed by atoms with van der Waals surface area (Å²) >= 11 is 0. The number of Topliss-reactive ketones (excluding diaryl/α,β-unsaturated/α-hetero) is 1. The van der Waals surface area contributed by atoms with Gasteiger partial charge in [0.15, 0.2) is 5.78 Å². The molecule has 0 spiro atoms. The molecule has 4 aromatic rings. The molecule has 3 heterocycles. The average molecular weight is 591 g/mol. The fourth-order valence-corrected chi connectivity index (χ4v) is 6.37. The smallest absolute Gasteiger partial charge is 0.324 e. The molecule has 2 aliphatic rings. The van der Waals surface area contributed by atoms with Gasteiger partial charge in [-0.2, -0.15) is 5.10 Å². The van der Waals surface area contributed by atoms with Crippen LogP contribution in [0.3, 0.4) is 0 Å². The van der Waals surface area contributed by atoms with Gasteiger partial charge in [-0.3, -0.25) is 10.1 Å². The SMILES string of the molecule is Cc1ccc(-n2nc(C(C)(C)C)cc2NC(=O)Nc2ccccc2C(C(=O)C2Cc3ccccc3N2)C2CCNCC2)cc1. The van der Waals surface area contributed by atoms with Gasteiger partial charge in [0.25, 0.3) is 0 Å². The lowest BCUT2D eigenvalue weighted by molar-refractivity contribution is -0.122. The molecule has 0 bridgehead atoms. The van der Waals surface area contributed by atoms with Gasteiger partial charge >= 0.3 is 6.03 Å². The summed E-state index contributed by atoms with van der Waals surface area (Å²) in [6, 6.07) is 25.2. The third-order valence-corrected chi connectivity index (χ3v) is 8.82.